The van der Waals surface area contributed by atoms with Crippen molar-refractivity contribution in [3.63, 3.8) is 0 Å². The number of hydrogen-bond acceptors (Lipinski definition) is 3. The molecule has 0 saturated carbocycles. The number of aromatic hydroxyl groups is 1. The number of benzene rings is 1. The van der Waals surface area contributed by atoms with E-state index in [4.69, 9.17) is 0 Å². The second kappa shape index (κ2) is 11.6. The van der Waals surface area contributed by atoms with Gasteiger partial charge in [-0.05, 0) is 36.0 Å². The molecule has 0 aliphatic rings. The first-order chi connectivity index (χ1) is 12.3. The van der Waals surface area contributed by atoms with E-state index in [0.717, 1.165) is 18.4 Å². The molecule has 0 aliphatic heterocycles. The molecule has 0 spiro atoms. The van der Waals surface area contributed by atoms with Gasteiger partial charge in [-0.25, -0.2) is 0 Å². The van der Waals surface area contributed by atoms with Crippen molar-refractivity contribution in [2.45, 2.75) is 102 Å². The first-order valence-corrected chi connectivity index (χ1v) is 11.5. The normalized spacial score (nSPS) is 12.0. The summed E-state index contributed by atoms with van der Waals surface area (Å²) < 4.78 is 32.1. The average Bonchev–Trinajstić information content (AvgIpc) is 2.56. The summed E-state index contributed by atoms with van der Waals surface area (Å²) in [5.74, 6) is -0.0934. The largest absolute Gasteiger partial charge is 0.506 e. The van der Waals surface area contributed by atoms with Crippen molar-refractivity contribution in [3.8, 4) is 5.75 Å². The molecule has 0 fully saturated rings. The third kappa shape index (κ3) is 7.67. The molecular formula is C21H36O4S. The van der Waals surface area contributed by atoms with Crippen LogP contribution in [0.15, 0.2) is 17.0 Å². The molecule has 0 bridgehead atoms. The Balaban J connectivity index is 2.51. The molecule has 2 N–H and O–H groups in total. The standard InChI is InChI=1S/C21H36O4S/c1-4-5-6-7-8-9-10-11-12-13-14-19-18(17(2)3)15-16-20(21(19)22)26(23,24)25/h15-17,22H,4-14H2,1-3H3,(H,23,24,25). The molecule has 0 aliphatic carbocycles. The Labute approximate surface area is 159 Å². The second-order valence-electron chi connectivity index (χ2n) is 7.54. The van der Waals surface area contributed by atoms with Crippen LogP contribution in [0, 0.1) is 0 Å². The topological polar surface area (TPSA) is 74.6 Å². The minimum absolute atomic E-state index is 0.189. The summed E-state index contributed by atoms with van der Waals surface area (Å²) in [6, 6.07) is 3.00. The second-order valence-corrected chi connectivity index (χ2v) is 8.93. The van der Waals surface area contributed by atoms with Crippen LogP contribution >= 0.6 is 0 Å². The van der Waals surface area contributed by atoms with Gasteiger partial charge in [0.25, 0.3) is 10.1 Å². The fourth-order valence-electron chi connectivity index (χ4n) is 3.43. The van der Waals surface area contributed by atoms with Crippen molar-refractivity contribution in [2.24, 2.45) is 0 Å². The molecule has 1 rings (SSSR count). The van der Waals surface area contributed by atoms with Crippen LogP contribution in [0.3, 0.4) is 0 Å². The SMILES string of the molecule is CCCCCCCCCCCCc1c(C(C)C)ccc(S(=O)(=O)O)c1O. The predicted molar refractivity (Wildman–Crippen MR) is 108 cm³/mol. The lowest BCUT2D eigenvalue weighted by atomic mass is 9.92. The summed E-state index contributed by atoms with van der Waals surface area (Å²) in [5.41, 5.74) is 1.61. The van der Waals surface area contributed by atoms with Gasteiger partial charge in [0.1, 0.15) is 10.6 Å². The predicted octanol–water partition coefficient (Wildman–Crippen LogP) is 6.23. The highest BCUT2D eigenvalue weighted by atomic mass is 32.2. The van der Waals surface area contributed by atoms with Gasteiger partial charge in [0, 0.05) is 0 Å². The van der Waals surface area contributed by atoms with Gasteiger partial charge in [-0.2, -0.15) is 8.42 Å². The number of hydrogen-bond donors (Lipinski definition) is 2. The third-order valence-corrected chi connectivity index (χ3v) is 5.85. The van der Waals surface area contributed by atoms with E-state index in [1.807, 2.05) is 13.8 Å². The number of phenolic OH excluding ortho intramolecular Hbond substituents is 1. The van der Waals surface area contributed by atoms with Crippen molar-refractivity contribution >= 4 is 10.1 Å². The van der Waals surface area contributed by atoms with E-state index >= 15 is 0 Å². The monoisotopic (exact) mass is 384 g/mol. The lowest BCUT2D eigenvalue weighted by Gasteiger charge is -2.16. The van der Waals surface area contributed by atoms with Gasteiger partial charge in [0.2, 0.25) is 0 Å². The van der Waals surface area contributed by atoms with E-state index in [0.29, 0.717) is 12.0 Å². The van der Waals surface area contributed by atoms with Gasteiger partial charge in [-0.15, -0.1) is 0 Å². The highest BCUT2D eigenvalue weighted by Crippen LogP contribution is 2.34. The first kappa shape index (κ1) is 23.0. The van der Waals surface area contributed by atoms with Gasteiger partial charge < -0.3 is 5.11 Å². The Kier molecular flexibility index (Phi) is 10.3. The Morgan fingerprint density at radius 2 is 1.38 bits per heavy atom. The molecule has 0 saturated heterocycles. The van der Waals surface area contributed by atoms with Crippen molar-refractivity contribution in [2.75, 3.05) is 0 Å². The van der Waals surface area contributed by atoms with Gasteiger partial charge in [0.15, 0.2) is 0 Å². The molecular weight excluding hydrogens is 348 g/mol. The highest BCUT2D eigenvalue weighted by Gasteiger charge is 2.21. The fourth-order valence-corrected chi connectivity index (χ4v) is 4.04. The molecule has 0 unspecified atom stereocenters. The summed E-state index contributed by atoms with van der Waals surface area (Å²) in [7, 11) is -4.40. The molecule has 26 heavy (non-hydrogen) atoms. The summed E-state index contributed by atoms with van der Waals surface area (Å²) in [5, 5.41) is 10.4. The maximum atomic E-state index is 11.4. The van der Waals surface area contributed by atoms with Crippen molar-refractivity contribution in [3.05, 3.63) is 23.3 Å². The summed E-state index contributed by atoms with van der Waals surface area (Å²) in [4.78, 5) is -0.385. The van der Waals surface area contributed by atoms with Crippen LogP contribution in [-0.4, -0.2) is 18.1 Å². The molecule has 0 aromatic heterocycles. The number of phenols is 1. The summed E-state index contributed by atoms with van der Waals surface area (Å²) >= 11 is 0. The Hall–Kier alpha value is -1.07. The number of unbranched alkanes of at least 4 members (excludes halogenated alkanes) is 9. The van der Waals surface area contributed by atoms with E-state index in [2.05, 4.69) is 6.92 Å². The lowest BCUT2D eigenvalue weighted by Crippen LogP contribution is -2.04. The minimum atomic E-state index is -4.40. The smallest absolute Gasteiger partial charge is 0.298 e. The maximum absolute atomic E-state index is 11.4. The van der Waals surface area contributed by atoms with Gasteiger partial charge in [0.05, 0.1) is 0 Å². The fraction of sp³-hybridized carbons (Fsp3) is 0.714. The van der Waals surface area contributed by atoms with Crippen LogP contribution in [0.25, 0.3) is 0 Å². The van der Waals surface area contributed by atoms with E-state index in [1.54, 1.807) is 6.07 Å². The van der Waals surface area contributed by atoms with Gasteiger partial charge in [-0.3, -0.25) is 4.55 Å². The van der Waals surface area contributed by atoms with Crippen molar-refractivity contribution in [1.29, 1.82) is 0 Å². The zero-order chi connectivity index (χ0) is 19.6. The van der Waals surface area contributed by atoms with Crippen LogP contribution in [0.2, 0.25) is 0 Å². The molecule has 0 atom stereocenters. The minimum Gasteiger partial charge on any atom is -0.506 e. The van der Waals surface area contributed by atoms with E-state index in [9.17, 15) is 18.1 Å². The summed E-state index contributed by atoms with van der Waals surface area (Å²) in [6.07, 6.45) is 12.9. The average molecular weight is 385 g/mol. The molecule has 4 nitrogen and oxygen atoms in total. The zero-order valence-electron chi connectivity index (χ0n) is 16.6. The molecule has 1 aromatic rings. The highest BCUT2D eigenvalue weighted by molar-refractivity contribution is 7.86. The van der Waals surface area contributed by atoms with Crippen LogP contribution in [-0.2, 0) is 16.5 Å². The third-order valence-electron chi connectivity index (χ3n) is 4.96. The van der Waals surface area contributed by atoms with Gasteiger partial charge in [-0.1, -0.05) is 84.6 Å². The zero-order valence-corrected chi connectivity index (χ0v) is 17.4. The Bertz CT molecular complexity index is 636. The summed E-state index contributed by atoms with van der Waals surface area (Å²) in [6.45, 7) is 6.27. The van der Waals surface area contributed by atoms with E-state index < -0.39 is 10.1 Å². The Morgan fingerprint density at radius 3 is 1.85 bits per heavy atom. The quantitative estimate of drug-likeness (QED) is 0.312. The van der Waals surface area contributed by atoms with Crippen molar-refractivity contribution < 1.29 is 18.1 Å². The van der Waals surface area contributed by atoms with Crippen LogP contribution in [0.4, 0.5) is 0 Å². The number of rotatable bonds is 13. The van der Waals surface area contributed by atoms with Crippen molar-refractivity contribution in [1.82, 2.24) is 0 Å². The van der Waals surface area contributed by atoms with Crippen LogP contribution < -0.4 is 0 Å². The van der Waals surface area contributed by atoms with E-state index in [-0.39, 0.29) is 16.6 Å². The molecule has 0 heterocycles. The molecule has 0 radical (unpaired) electrons. The lowest BCUT2D eigenvalue weighted by molar-refractivity contribution is 0.435. The molecule has 150 valence electrons. The molecule has 5 heteroatoms. The van der Waals surface area contributed by atoms with E-state index in [1.165, 1.54) is 57.4 Å². The van der Waals surface area contributed by atoms with Crippen LogP contribution in [0.5, 0.6) is 5.75 Å². The molecule has 0 amide bonds. The first-order valence-electron chi connectivity index (χ1n) is 10.1. The maximum Gasteiger partial charge on any atom is 0.298 e. The molecule has 1 aromatic carbocycles. The van der Waals surface area contributed by atoms with Gasteiger partial charge >= 0.3 is 0 Å². The Morgan fingerprint density at radius 1 is 0.885 bits per heavy atom. The van der Waals surface area contributed by atoms with Crippen LogP contribution in [0.1, 0.15) is 102 Å².